The van der Waals surface area contributed by atoms with E-state index in [1.165, 1.54) is 12.1 Å². The lowest BCUT2D eigenvalue weighted by molar-refractivity contribution is -0.138. The van der Waals surface area contributed by atoms with Crippen molar-refractivity contribution >= 4 is 11.8 Å². The third-order valence-corrected chi connectivity index (χ3v) is 9.37. The summed E-state index contributed by atoms with van der Waals surface area (Å²) < 4.78 is 67.9. The van der Waals surface area contributed by atoms with Crippen molar-refractivity contribution in [2.24, 2.45) is 11.3 Å². The average molecular weight is 578 g/mol. The lowest BCUT2D eigenvalue weighted by Crippen LogP contribution is -2.55. The van der Waals surface area contributed by atoms with Crippen molar-refractivity contribution < 1.29 is 31.5 Å². The Labute approximate surface area is 237 Å². The summed E-state index contributed by atoms with van der Waals surface area (Å²) >= 11 is 0. The summed E-state index contributed by atoms with van der Waals surface area (Å²) in [6, 6.07) is 7.42. The molecule has 0 radical (unpaired) electrons. The summed E-state index contributed by atoms with van der Waals surface area (Å²) in [6.07, 6.45) is 0.933. The van der Waals surface area contributed by atoms with Crippen LogP contribution in [-0.4, -0.2) is 60.9 Å². The highest BCUT2D eigenvalue weighted by molar-refractivity contribution is 5.98. The average Bonchev–Trinajstić information content (AvgIpc) is 3.27. The predicted molar refractivity (Wildman–Crippen MR) is 144 cm³/mol. The second-order valence-corrected chi connectivity index (χ2v) is 12.0. The Balaban J connectivity index is 1.33. The van der Waals surface area contributed by atoms with Crippen molar-refractivity contribution in [3.8, 4) is 0 Å². The Morgan fingerprint density at radius 2 is 1.63 bits per heavy atom. The van der Waals surface area contributed by atoms with Gasteiger partial charge in [0.15, 0.2) is 0 Å². The zero-order valence-electron chi connectivity index (χ0n) is 23.2. The molecule has 2 atom stereocenters. The van der Waals surface area contributed by atoms with Gasteiger partial charge in [0.25, 0.3) is 5.91 Å². The van der Waals surface area contributed by atoms with Gasteiger partial charge in [-0.3, -0.25) is 9.59 Å². The van der Waals surface area contributed by atoms with Crippen molar-refractivity contribution in [2.75, 3.05) is 33.2 Å². The first kappa shape index (κ1) is 29.5. The third kappa shape index (κ3) is 6.27. The van der Waals surface area contributed by atoms with E-state index in [0.717, 1.165) is 50.8 Å². The van der Waals surface area contributed by atoms with Gasteiger partial charge >= 0.3 is 6.18 Å². The lowest BCUT2D eigenvalue weighted by atomic mass is 9.68. The zero-order valence-corrected chi connectivity index (χ0v) is 23.2. The molecule has 10 heteroatoms. The second kappa shape index (κ2) is 11.7. The minimum absolute atomic E-state index is 0.0753. The van der Waals surface area contributed by atoms with E-state index < -0.39 is 35.1 Å². The number of alkyl halides is 3. The van der Waals surface area contributed by atoms with Gasteiger partial charge in [0.05, 0.1) is 11.1 Å². The summed E-state index contributed by atoms with van der Waals surface area (Å²) in [7, 11) is 2.06. The van der Waals surface area contributed by atoms with Gasteiger partial charge in [-0.2, -0.15) is 13.2 Å². The van der Waals surface area contributed by atoms with Crippen LogP contribution < -0.4 is 5.32 Å². The summed E-state index contributed by atoms with van der Waals surface area (Å²) in [5.74, 6) is -2.60. The normalized spacial score (nSPS) is 22.6. The van der Waals surface area contributed by atoms with Gasteiger partial charge in [-0.05, 0) is 80.0 Å². The van der Waals surface area contributed by atoms with E-state index in [4.69, 9.17) is 0 Å². The van der Waals surface area contributed by atoms with Crippen molar-refractivity contribution in [2.45, 2.75) is 63.1 Å². The van der Waals surface area contributed by atoms with E-state index in [-0.39, 0.29) is 29.0 Å². The largest absolute Gasteiger partial charge is 0.416 e. The molecule has 222 valence electrons. The van der Waals surface area contributed by atoms with Crippen LogP contribution >= 0.6 is 0 Å². The maximum absolute atomic E-state index is 14.5. The molecule has 41 heavy (non-hydrogen) atoms. The number of likely N-dealkylation sites (tertiary alicyclic amines) is 2. The number of benzene rings is 2. The molecular formula is C31H36F5N3O2. The monoisotopic (exact) mass is 577 g/mol. The van der Waals surface area contributed by atoms with Crippen molar-refractivity contribution in [3.05, 3.63) is 70.8 Å². The standard InChI is InChI=1S/C31H36F5N3O2/c1-38-18-25(20-7-10-23(32)11-8-20)30(19-38)13-15-39(16-14-30)29(41)27(21-5-3-2-4-6-21)37-28(40)24-17-22(31(34,35)36)9-12-26(24)33/h7-12,17,21,25,27H,2-6,13-16,18-19H2,1H3,(H,37,40)/t25?,27-/m1/s1. The third-order valence-electron chi connectivity index (χ3n) is 9.37. The molecule has 2 aliphatic heterocycles. The highest BCUT2D eigenvalue weighted by atomic mass is 19.4. The first-order chi connectivity index (χ1) is 19.5. The summed E-state index contributed by atoms with van der Waals surface area (Å²) in [5.41, 5.74) is -0.843. The maximum atomic E-state index is 14.5. The van der Waals surface area contributed by atoms with Gasteiger partial charge < -0.3 is 15.1 Å². The number of amides is 2. The number of likely N-dealkylation sites (N-methyl/N-ethyl adjacent to an activating group) is 1. The number of nitrogens with zero attached hydrogens (tertiary/aromatic N) is 2. The van der Waals surface area contributed by atoms with Crippen LogP contribution in [0.15, 0.2) is 42.5 Å². The predicted octanol–water partition coefficient (Wildman–Crippen LogP) is 6.00. The first-order valence-corrected chi connectivity index (χ1v) is 14.4. The van der Waals surface area contributed by atoms with Crippen molar-refractivity contribution in [3.63, 3.8) is 0 Å². The Kier molecular flexibility index (Phi) is 8.41. The highest BCUT2D eigenvalue weighted by Gasteiger charge is 2.49. The van der Waals surface area contributed by atoms with Crippen molar-refractivity contribution in [1.82, 2.24) is 15.1 Å². The number of rotatable bonds is 5. The van der Waals surface area contributed by atoms with Crippen LogP contribution in [0.4, 0.5) is 22.0 Å². The molecule has 1 saturated carbocycles. The molecule has 1 aliphatic carbocycles. The molecule has 1 spiro atoms. The van der Waals surface area contributed by atoms with Gasteiger partial charge in [-0.25, -0.2) is 8.78 Å². The Hall–Kier alpha value is -3.01. The van der Waals surface area contributed by atoms with Crippen LogP contribution in [0.3, 0.4) is 0 Å². The molecule has 2 aromatic rings. The fourth-order valence-corrected chi connectivity index (χ4v) is 7.19. The molecule has 0 bridgehead atoms. The molecule has 3 aliphatic rings. The second-order valence-electron chi connectivity index (χ2n) is 12.0. The molecule has 1 N–H and O–H groups in total. The van der Waals surface area contributed by atoms with Crippen LogP contribution in [0.25, 0.3) is 0 Å². The first-order valence-electron chi connectivity index (χ1n) is 14.4. The van der Waals surface area contributed by atoms with Gasteiger partial charge in [-0.1, -0.05) is 31.4 Å². The molecule has 2 saturated heterocycles. The number of piperidine rings is 1. The minimum atomic E-state index is -4.73. The highest BCUT2D eigenvalue weighted by Crippen LogP contribution is 2.49. The van der Waals surface area contributed by atoms with E-state index >= 15 is 0 Å². The number of carbonyl (C=O) groups excluding carboxylic acids is 2. The molecule has 3 fully saturated rings. The fourth-order valence-electron chi connectivity index (χ4n) is 7.19. The van der Waals surface area contributed by atoms with E-state index in [0.29, 0.717) is 44.1 Å². The van der Waals surface area contributed by atoms with Gasteiger partial charge in [0.2, 0.25) is 5.91 Å². The summed E-state index contributed by atoms with van der Waals surface area (Å²) in [5, 5.41) is 2.65. The van der Waals surface area contributed by atoms with E-state index in [2.05, 4.69) is 17.3 Å². The van der Waals surface area contributed by atoms with Crippen LogP contribution in [0.1, 0.15) is 72.3 Å². The van der Waals surface area contributed by atoms with Gasteiger partial charge in [-0.15, -0.1) is 0 Å². The quantitative estimate of drug-likeness (QED) is 0.444. The number of carbonyl (C=O) groups is 2. The van der Waals surface area contributed by atoms with Crippen LogP contribution in [0.2, 0.25) is 0 Å². The molecule has 2 amide bonds. The Morgan fingerprint density at radius 1 is 0.976 bits per heavy atom. The lowest BCUT2D eigenvalue weighted by Gasteiger charge is -2.44. The molecule has 2 aromatic carbocycles. The van der Waals surface area contributed by atoms with Crippen molar-refractivity contribution in [1.29, 1.82) is 0 Å². The maximum Gasteiger partial charge on any atom is 0.416 e. The number of halogens is 5. The number of hydrogen-bond acceptors (Lipinski definition) is 3. The zero-order chi connectivity index (χ0) is 29.4. The molecular weight excluding hydrogens is 541 g/mol. The molecule has 5 rings (SSSR count). The van der Waals surface area contributed by atoms with Crippen LogP contribution in [0.5, 0.6) is 0 Å². The van der Waals surface area contributed by atoms with Crippen LogP contribution in [-0.2, 0) is 11.0 Å². The SMILES string of the molecule is CN1CC(c2ccc(F)cc2)C2(CCN(C(=O)[C@H](NC(=O)c3cc(C(F)(F)F)ccc3F)C3CCCCC3)CC2)C1. The number of hydrogen-bond donors (Lipinski definition) is 1. The molecule has 1 unspecified atom stereocenters. The fraction of sp³-hybridized carbons (Fsp3) is 0.548. The van der Waals surface area contributed by atoms with Crippen LogP contribution in [0, 0.1) is 23.0 Å². The topological polar surface area (TPSA) is 52.6 Å². The van der Waals surface area contributed by atoms with E-state index in [9.17, 15) is 31.5 Å². The Morgan fingerprint density at radius 3 is 2.27 bits per heavy atom. The number of nitrogens with one attached hydrogen (secondary N) is 1. The van der Waals surface area contributed by atoms with Gasteiger partial charge in [0.1, 0.15) is 17.7 Å². The van der Waals surface area contributed by atoms with E-state index in [1.807, 2.05) is 12.1 Å². The molecule has 5 nitrogen and oxygen atoms in total. The minimum Gasteiger partial charge on any atom is -0.341 e. The molecule has 2 heterocycles. The van der Waals surface area contributed by atoms with Gasteiger partial charge in [0, 0.05) is 32.1 Å². The Bertz CT molecular complexity index is 1250. The van der Waals surface area contributed by atoms with E-state index in [1.54, 1.807) is 4.90 Å². The summed E-state index contributed by atoms with van der Waals surface area (Å²) in [4.78, 5) is 31.1. The smallest absolute Gasteiger partial charge is 0.341 e. The molecule has 0 aromatic heterocycles. The summed E-state index contributed by atoms with van der Waals surface area (Å²) in [6.45, 7) is 2.64.